The van der Waals surface area contributed by atoms with Crippen molar-refractivity contribution >= 4 is 23.4 Å². The average Bonchev–Trinajstić information content (AvgIpc) is 2.34. The van der Waals surface area contributed by atoms with Crippen molar-refractivity contribution in [3.63, 3.8) is 0 Å². The summed E-state index contributed by atoms with van der Waals surface area (Å²) in [5, 5.41) is 0.690. The molecule has 1 nitrogen and oxygen atoms in total. The van der Waals surface area contributed by atoms with E-state index >= 15 is 0 Å². The van der Waals surface area contributed by atoms with Gasteiger partial charge in [0.05, 0.1) is 12.0 Å². The van der Waals surface area contributed by atoms with Crippen molar-refractivity contribution < 1.29 is 4.74 Å². The van der Waals surface area contributed by atoms with E-state index in [0.717, 1.165) is 10.6 Å². The maximum atomic E-state index is 5.93. The van der Waals surface area contributed by atoms with Crippen LogP contribution >= 0.6 is 23.4 Å². The van der Waals surface area contributed by atoms with Gasteiger partial charge in [-0.1, -0.05) is 41.1 Å². The van der Waals surface area contributed by atoms with E-state index in [0.29, 0.717) is 5.02 Å². The SMILES string of the molecule is COc1cc(Cl)ccc1Sc1ccc(C)cc1. The molecule has 0 heterocycles. The normalized spacial score (nSPS) is 10.3. The number of aryl methyl sites for hydroxylation is 1. The summed E-state index contributed by atoms with van der Waals surface area (Å²) in [7, 11) is 1.66. The third kappa shape index (κ3) is 3.18. The molecule has 0 saturated carbocycles. The first kappa shape index (κ1) is 12.3. The van der Waals surface area contributed by atoms with Crippen LogP contribution in [0.15, 0.2) is 52.3 Å². The molecular weight excluding hydrogens is 252 g/mol. The summed E-state index contributed by atoms with van der Waals surface area (Å²) in [6, 6.07) is 14.1. The quantitative estimate of drug-likeness (QED) is 0.787. The summed E-state index contributed by atoms with van der Waals surface area (Å²) in [6.07, 6.45) is 0. The molecular formula is C14H13ClOS. The fraction of sp³-hybridized carbons (Fsp3) is 0.143. The first-order valence-electron chi connectivity index (χ1n) is 5.27. The van der Waals surface area contributed by atoms with Gasteiger partial charge in [0.1, 0.15) is 5.75 Å². The standard InChI is InChI=1S/C14H13ClOS/c1-10-3-6-12(7-4-10)17-14-8-5-11(15)9-13(14)16-2/h3-9H,1-2H3. The Morgan fingerprint density at radius 3 is 2.41 bits per heavy atom. The fourth-order valence-corrected chi connectivity index (χ4v) is 2.53. The molecule has 0 saturated heterocycles. The average molecular weight is 265 g/mol. The molecule has 0 amide bonds. The highest BCUT2D eigenvalue weighted by molar-refractivity contribution is 7.99. The highest BCUT2D eigenvalue weighted by Gasteiger charge is 2.05. The van der Waals surface area contributed by atoms with Crippen LogP contribution in [-0.4, -0.2) is 7.11 Å². The lowest BCUT2D eigenvalue weighted by atomic mass is 10.2. The van der Waals surface area contributed by atoms with Gasteiger partial charge in [-0.25, -0.2) is 0 Å². The molecule has 17 heavy (non-hydrogen) atoms. The number of hydrogen-bond acceptors (Lipinski definition) is 2. The maximum absolute atomic E-state index is 5.93. The van der Waals surface area contributed by atoms with Crippen LogP contribution in [0.1, 0.15) is 5.56 Å². The van der Waals surface area contributed by atoms with Gasteiger partial charge >= 0.3 is 0 Å². The maximum Gasteiger partial charge on any atom is 0.134 e. The van der Waals surface area contributed by atoms with Crippen molar-refractivity contribution in [2.75, 3.05) is 7.11 Å². The Morgan fingerprint density at radius 2 is 1.76 bits per heavy atom. The summed E-state index contributed by atoms with van der Waals surface area (Å²) in [4.78, 5) is 2.26. The molecule has 88 valence electrons. The van der Waals surface area contributed by atoms with Gasteiger partial charge in [0.2, 0.25) is 0 Å². The van der Waals surface area contributed by atoms with Gasteiger partial charge in [-0.2, -0.15) is 0 Å². The number of methoxy groups -OCH3 is 1. The van der Waals surface area contributed by atoms with Crippen LogP contribution in [0, 0.1) is 6.92 Å². The lowest BCUT2D eigenvalue weighted by Gasteiger charge is -2.08. The number of rotatable bonds is 3. The van der Waals surface area contributed by atoms with E-state index < -0.39 is 0 Å². The Kier molecular flexibility index (Phi) is 3.97. The summed E-state index contributed by atoms with van der Waals surface area (Å²) in [6.45, 7) is 2.08. The molecule has 2 rings (SSSR count). The molecule has 0 spiro atoms. The predicted molar refractivity (Wildman–Crippen MR) is 73.3 cm³/mol. The van der Waals surface area contributed by atoms with Crippen LogP contribution in [0.3, 0.4) is 0 Å². The predicted octanol–water partition coefficient (Wildman–Crippen LogP) is 4.81. The molecule has 2 aromatic rings. The number of hydrogen-bond donors (Lipinski definition) is 0. The van der Waals surface area contributed by atoms with Crippen molar-refractivity contribution in [2.45, 2.75) is 16.7 Å². The van der Waals surface area contributed by atoms with Gasteiger partial charge in [0.25, 0.3) is 0 Å². The van der Waals surface area contributed by atoms with Crippen LogP contribution in [0.2, 0.25) is 5.02 Å². The van der Waals surface area contributed by atoms with Gasteiger partial charge < -0.3 is 4.74 Å². The highest BCUT2D eigenvalue weighted by Crippen LogP contribution is 2.36. The zero-order valence-corrected chi connectivity index (χ0v) is 11.3. The fourth-order valence-electron chi connectivity index (χ4n) is 1.46. The number of halogens is 1. The second-order valence-electron chi connectivity index (χ2n) is 3.71. The largest absolute Gasteiger partial charge is 0.496 e. The molecule has 0 bridgehead atoms. The van der Waals surface area contributed by atoms with Gasteiger partial charge in [-0.3, -0.25) is 0 Å². The van der Waals surface area contributed by atoms with Gasteiger partial charge in [-0.05, 0) is 37.3 Å². The van der Waals surface area contributed by atoms with Crippen LogP contribution in [0.5, 0.6) is 5.75 Å². The smallest absolute Gasteiger partial charge is 0.134 e. The first-order chi connectivity index (χ1) is 8.19. The molecule has 0 fully saturated rings. The minimum absolute atomic E-state index is 0.690. The van der Waals surface area contributed by atoms with Crippen molar-refractivity contribution in [1.29, 1.82) is 0 Å². The van der Waals surface area contributed by atoms with E-state index in [4.69, 9.17) is 16.3 Å². The van der Waals surface area contributed by atoms with Gasteiger partial charge in [0, 0.05) is 9.92 Å². The lowest BCUT2D eigenvalue weighted by molar-refractivity contribution is 0.405. The summed E-state index contributed by atoms with van der Waals surface area (Å²) in [5.41, 5.74) is 1.26. The van der Waals surface area contributed by atoms with Crippen molar-refractivity contribution in [3.8, 4) is 5.75 Å². The Balaban J connectivity index is 2.26. The minimum Gasteiger partial charge on any atom is -0.496 e. The second-order valence-corrected chi connectivity index (χ2v) is 5.26. The van der Waals surface area contributed by atoms with E-state index in [1.807, 2.05) is 18.2 Å². The molecule has 3 heteroatoms. The zero-order chi connectivity index (χ0) is 12.3. The summed E-state index contributed by atoms with van der Waals surface area (Å²) in [5.74, 6) is 0.808. The zero-order valence-electron chi connectivity index (χ0n) is 9.74. The van der Waals surface area contributed by atoms with Crippen LogP contribution in [-0.2, 0) is 0 Å². The lowest BCUT2D eigenvalue weighted by Crippen LogP contribution is -1.86. The van der Waals surface area contributed by atoms with E-state index in [2.05, 4.69) is 31.2 Å². The topological polar surface area (TPSA) is 9.23 Å². The Labute approximate surface area is 111 Å². The third-order valence-electron chi connectivity index (χ3n) is 2.37. The monoisotopic (exact) mass is 264 g/mol. The van der Waals surface area contributed by atoms with Gasteiger partial charge in [-0.15, -0.1) is 0 Å². The molecule has 0 radical (unpaired) electrons. The third-order valence-corrected chi connectivity index (χ3v) is 3.67. The van der Waals surface area contributed by atoms with Crippen LogP contribution < -0.4 is 4.74 Å². The molecule has 0 aromatic heterocycles. The summed E-state index contributed by atoms with van der Waals surface area (Å²) >= 11 is 7.60. The molecule has 0 unspecified atom stereocenters. The Hall–Kier alpha value is -1.12. The minimum atomic E-state index is 0.690. The Morgan fingerprint density at radius 1 is 1.06 bits per heavy atom. The van der Waals surface area contributed by atoms with E-state index in [-0.39, 0.29) is 0 Å². The first-order valence-corrected chi connectivity index (χ1v) is 6.46. The van der Waals surface area contributed by atoms with E-state index in [1.54, 1.807) is 18.9 Å². The number of ether oxygens (including phenoxy) is 1. The summed E-state index contributed by atoms with van der Waals surface area (Å²) < 4.78 is 5.32. The molecule has 0 atom stereocenters. The van der Waals surface area contributed by atoms with E-state index in [9.17, 15) is 0 Å². The van der Waals surface area contributed by atoms with Crippen LogP contribution in [0.4, 0.5) is 0 Å². The molecule has 2 aromatic carbocycles. The van der Waals surface area contributed by atoms with Gasteiger partial charge in [0.15, 0.2) is 0 Å². The molecule has 0 aliphatic heterocycles. The molecule has 0 aliphatic carbocycles. The number of benzene rings is 2. The van der Waals surface area contributed by atoms with E-state index in [1.165, 1.54) is 10.5 Å². The van der Waals surface area contributed by atoms with Crippen molar-refractivity contribution in [1.82, 2.24) is 0 Å². The van der Waals surface area contributed by atoms with Crippen LogP contribution in [0.25, 0.3) is 0 Å². The highest BCUT2D eigenvalue weighted by atomic mass is 35.5. The Bertz CT molecular complexity index is 508. The molecule has 0 aliphatic rings. The molecule has 0 N–H and O–H groups in total. The van der Waals surface area contributed by atoms with Crippen molar-refractivity contribution in [2.24, 2.45) is 0 Å². The van der Waals surface area contributed by atoms with Crippen molar-refractivity contribution in [3.05, 3.63) is 53.1 Å². The second kappa shape index (κ2) is 5.48.